The molecule has 6 nitrogen and oxygen atoms in total. The van der Waals surface area contributed by atoms with Gasteiger partial charge in [-0.1, -0.05) is 0 Å². The van der Waals surface area contributed by atoms with Gasteiger partial charge in [-0.3, -0.25) is 9.89 Å². The highest BCUT2D eigenvalue weighted by Crippen LogP contribution is 2.28. The molecule has 1 aliphatic carbocycles. The van der Waals surface area contributed by atoms with E-state index < -0.39 is 0 Å². The number of nitrogens with zero attached hydrogens (tertiary/aromatic N) is 3. The van der Waals surface area contributed by atoms with Gasteiger partial charge in [0.1, 0.15) is 0 Å². The van der Waals surface area contributed by atoms with Crippen molar-refractivity contribution in [2.24, 2.45) is 10.9 Å². The number of ether oxygens (including phenoxy) is 1. The van der Waals surface area contributed by atoms with Crippen molar-refractivity contribution in [1.82, 2.24) is 20.4 Å². The van der Waals surface area contributed by atoms with Crippen LogP contribution in [0.3, 0.4) is 0 Å². The van der Waals surface area contributed by atoms with Gasteiger partial charge >= 0.3 is 0 Å². The number of likely N-dealkylation sites (N-methyl/N-ethyl adjacent to an activating group) is 1. The molecule has 1 atom stereocenters. The topological polar surface area (TPSA) is 52.1 Å². The molecular formula is C18H38IN5O. The van der Waals surface area contributed by atoms with E-state index in [4.69, 9.17) is 9.73 Å². The lowest BCUT2D eigenvalue weighted by atomic mass is 10.2. The Morgan fingerprint density at radius 2 is 1.92 bits per heavy atom. The number of hydrogen-bond donors (Lipinski definition) is 2. The zero-order chi connectivity index (χ0) is 17.2. The van der Waals surface area contributed by atoms with Gasteiger partial charge in [-0.25, -0.2) is 0 Å². The van der Waals surface area contributed by atoms with E-state index in [0.29, 0.717) is 6.04 Å². The van der Waals surface area contributed by atoms with Crippen LogP contribution in [0.5, 0.6) is 0 Å². The summed E-state index contributed by atoms with van der Waals surface area (Å²) in [4.78, 5) is 9.69. The Labute approximate surface area is 171 Å². The van der Waals surface area contributed by atoms with Crippen molar-refractivity contribution in [3.05, 3.63) is 0 Å². The highest BCUT2D eigenvalue weighted by molar-refractivity contribution is 14.0. The quantitative estimate of drug-likeness (QED) is 0.221. The van der Waals surface area contributed by atoms with Gasteiger partial charge in [0, 0.05) is 58.5 Å². The molecule has 0 amide bonds. The van der Waals surface area contributed by atoms with E-state index in [2.05, 4.69) is 41.3 Å². The van der Waals surface area contributed by atoms with Crippen LogP contribution in [0.1, 0.15) is 33.1 Å². The monoisotopic (exact) mass is 467 g/mol. The number of halogens is 1. The molecule has 1 aliphatic heterocycles. The smallest absolute Gasteiger partial charge is 0.191 e. The minimum absolute atomic E-state index is 0. The molecule has 0 aromatic heterocycles. The molecule has 0 aromatic carbocycles. The van der Waals surface area contributed by atoms with E-state index in [0.717, 1.165) is 77.3 Å². The molecule has 25 heavy (non-hydrogen) atoms. The van der Waals surface area contributed by atoms with E-state index in [1.54, 1.807) is 0 Å². The van der Waals surface area contributed by atoms with Gasteiger partial charge in [-0.2, -0.15) is 0 Å². The van der Waals surface area contributed by atoms with Crippen LogP contribution in [0.4, 0.5) is 0 Å². The first-order valence-corrected chi connectivity index (χ1v) is 9.71. The molecule has 1 unspecified atom stereocenters. The zero-order valence-electron chi connectivity index (χ0n) is 16.3. The Bertz CT molecular complexity index is 370. The SMILES string of the molecule is CCNC(=NCC(C)N1CCN(C)CC1)NCCCOCC1CC1.I. The number of hydrogen-bond acceptors (Lipinski definition) is 4. The van der Waals surface area contributed by atoms with Crippen LogP contribution in [-0.2, 0) is 4.74 Å². The molecule has 2 aliphatic rings. The second-order valence-electron chi connectivity index (χ2n) is 7.21. The third kappa shape index (κ3) is 9.96. The summed E-state index contributed by atoms with van der Waals surface area (Å²) < 4.78 is 5.67. The molecule has 0 aromatic rings. The lowest BCUT2D eigenvalue weighted by Gasteiger charge is -2.35. The van der Waals surface area contributed by atoms with Crippen molar-refractivity contribution in [1.29, 1.82) is 0 Å². The predicted molar refractivity (Wildman–Crippen MR) is 116 cm³/mol. The lowest BCUT2D eigenvalue weighted by Crippen LogP contribution is -2.49. The summed E-state index contributed by atoms with van der Waals surface area (Å²) in [6, 6.07) is 0.496. The van der Waals surface area contributed by atoms with Crippen LogP contribution in [0, 0.1) is 5.92 Å². The average molecular weight is 467 g/mol. The minimum Gasteiger partial charge on any atom is -0.381 e. The molecule has 2 rings (SSSR count). The van der Waals surface area contributed by atoms with Crippen LogP contribution in [-0.4, -0.2) is 87.9 Å². The third-order valence-corrected chi connectivity index (χ3v) is 4.83. The van der Waals surface area contributed by atoms with Crippen LogP contribution < -0.4 is 10.6 Å². The van der Waals surface area contributed by atoms with Gasteiger partial charge < -0.3 is 20.3 Å². The Morgan fingerprint density at radius 1 is 1.20 bits per heavy atom. The van der Waals surface area contributed by atoms with Gasteiger partial charge in [-0.05, 0) is 46.1 Å². The summed E-state index contributed by atoms with van der Waals surface area (Å²) in [5.41, 5.74) is 0. The average Bonchev–Trinajstić information content (AvgIpc) is 3.40. The van der Waals surface area contributed by atoms with Crippen molar-refractivity contribution in [3.63, 3.8) is 0 Å². The van der Waals surface area contributed by atoms with Gasteiger partial charge in [0.25, 0.3) is 0 Å². The molecule has 148 valence electrons. The van der Waals surface area contributed by atoms with Crippen molar-refractivity contribution in [2.75, 3.05) is 66.1 Å². The third-order valence-electron chi connectivity index (χ3n) is 4.83. The van der Waals surface area contributed by atoms with Gasteiger partial charge in [0.05, 0.1) is 6.54 Å². The second-order valence-corrected chi connectivity index (χ2v) is 7.21. The lowest BCUT2D eigenvalue weighted by molar-refractivity contribution is 0.121. The number of aliphatic imine (C=N–C) groups is 1. The fourth-order valence-electron chi connectivity index (χ4n) is 2.86. The molecule has 0 spiro atoms. The van der Waals surface area contributed by atoms with Crippen molar-refractivity contribution >= 4 is 29.9 Å². The van der Waals surface area contributed by atoms with Crippen LogP contribution in [0.2, 0.25) is 0 Å². The summed E-state index contributed by atoms with van der Waals surface area (Å²) in [6.07, 6.45) is 3.76. The van der Waals surface area contributed by atoms with Crippen LogP contribution >= 0.6 is 24.0 Å². The Kier molecular flexibility index (Phi) is 12.0. The molecule has 2 fully saturated rings. The fraction of sp³-hybridized carbons (Fsp3) is 0.944. The molecule has 1 saturated heterocycles. The normalized spacial score (nSPS) is 20.8. The maximum atomic E-state index is 5.67. The molecule has 0 radical (unpaired) electrons. The van der Waals surface area contributed by atoms with E-state index in [1.807, 2.05) is 0 Å². The van der Waals surface area contributed by atoms with Gasteiger partial charge in [-0.15, -0.1) is 24.0 Å². The van der Waals surface area contributed by atoms with E-state index in [-0.39, 0.29) is 24.0 Å². The summed E-state index contributed by atoms with van der Waals surface area (Å²) in [6.45, 7) is 13.5. The Hall–Kier alpha value is -0.120. The largest absolute Gasteiger partial charge is 0.381 e. The predicted octanol–water partition coefficient (Wildman–Crippen LogP) is 1.61. The summed E-state index contributed by atoms with van der Waals surface area (Å²) in [5.74, 6) is 1.79. The van der Waals surface area contributed by atoms with Crippen molar-refractivity contribution in [3.8, 4) is 0 Å². The number of nitrogens with one attached hydrogen (secondary N) is 2. The molecule has 0 bridgehead atoms. The first kappa shape index (κ1) is 22.9. The van der Waals surface area contributed by atoms with E-state index >= 15 is 0 Å². The van der Waals surface area contributed by atoms with Gasteiger partial charge in [0.15, 0.2) is 5.96 Å². The van der Waals surface area contributed by atoms with Crippen molar-refractivity contribution < 1.29 is 4.74 Å². The standard InChI is InChI=1S/C18H37N5O.HI/c1-4-19-18(20-8-5-13-24-15-17-6-7-17)21-14-16(2)23-11-9-22(3)10-12-23;/h16-17H,4-15H2,1-3H3,(H2,19,20,21);1H. The summed E-state index contributed by atoms with van der Waals surface area (Å²) >= 11 is 0. The highest BCUT2D eigenvalue weighted by Gasteiger charge is 2.21. The first-order chi connectivity index (χ1) is 11.7. The fourth-order valence-corrected chi connectivity index (χ4v) is 2.86. The number of piperazine rings is 1. The van der Waals surface area contributed by atoms with Crippen molar-refractivity contribution in [2.45, 2.75) is 39.2 Å². The number of rotatable bonds is 10. The molecule has 7 heteroatoms. The van der Waals surface area contributed by atoms with Crippen LogP contribution in [0.15, 0.2) is 4.99 Å². The maximum Gasteiger partial charge on any atom is 0.191 e. The van der Waals surface area contributed by atoms with E-state index in [9.17, 15) is 0 Å². The van der Waals surface area contributed by atoms with Crippen LogP contribution in [0.25, 0.3) is 0 Å². The maximum absolute atomic E-state index is 5.67. The molecule has 1 heterocycles. The second kappa shape index (κ2) is 13.1. The Balaban J connectivity index is 0.00000312. The first-order valence-electron chi connectivity index (χ1n) is 9.71. The Morgan fingerprint density at radius 3 is 2.56 bits per heavy atom. The number of guanidine groups is 1. The minimum atomic E-state index is 0. The summed E-state index contributed by atoms with van der Waals surface area (Å²) in [5, 5.41) is 6.76. The van der Waals surface area contributed by atoms with E-state index in [1.165, 1.54) is 12.8 Å². The van der Waals surface area contributed by atoms with Gasteiger partial charge in [0.2, 0.25) is 0 Å². The molecular weight excluding hydrogens is 429 g/mol. The molecule has 2 N–H and O–H groups in total. The summed E-state index contributed by atoms with van der Waals surface area (Å²) in [7, 11) is 2.20. The molecule has 1 saturated carbocycles. The highest BCUT2D eigenvalue weighted by atomic mass is 127. The zero-order valence-corrected chi connectivity index (χ0v) is 18.6.